The van der Waals surface area contributed by atoms with Gasteiger partial charge < -0.3 is 9.80 Å². The number of hydrogen-bond acceptors (Lipinski definition) is 7. The van der Waals surface area contributed by atoms with E-state index in [0.29, 0.717) is 44.1 Å². The fraction of sp³-hybridized carbons (Fsp3) is 0.500. The first-order valence-electron chi connectivity index (χ1n) is 8.59. The first-order valence-corrected chi connectivity index (χ1v) is 11.8. The zero-order valence-electron chi connectivity index (χ0n) is 14.2. The van der Waals surface area contributed by atoms with Crippen LogP contribution < -0.4 is 4.90 Å². The Kier molecular flexibility index (Phi) is 5.00. The van der Waals surface area contributed by atoms with Crippen LogP contribution in [0.1, 0.15) is 22.5 Å². The molecular formula is C16H20N4O3S3. The third-order valence-corrected chi connectivity index (χ3v) is 8.57. The first-order chi connectivity index (χ1) is 12.6. The molecule has 26 heavy (non-hydrogen) atoms. The molecule has 4 rings (SSSR count). The zero-order chi connectivity index (χ0) is 18.1. The van der Waals surface area contributed by atoms with E-state index in [9.17, 15) is 13.2 Å². The molecule has 2 aliphatic rings. The predicted octanol–water partition coefficient (Wildman–Crippen LogP) is 1.95. The lowest BCUT2D eigenvalue weighted by Gasteiger charge is -2.34. The van der Waals surface area contributed by atoms with Crippen LogP contribution in [0.2, 0.25) is 0 Å². The van der Waals surface area contributed by atoms with Crippen molar-refractivity contribution in [1.29, 1.82) is 0 Å². The number of carbonyl (C=O) groups excluding carboxylic acids is 1. The highest BCUT2D eigenvalue weighted by Gasteiger charge is 2.34. The van der Waals surface area contributed by atoms with Gasteiger partial charge in [-0.05, 0) is 24.3 Å². The standard InChI is InChI=1S/C16H20N4O3S3/c21-15(18-7-9-19(10-8-18)16-17-4-12-25-16)14-13(3-11-24-14)26(22,23)20-5-1-2-6-20/h3-4,11-12H,1-2,5-10H2. The van der Waals surface area contributed by atoms with E-state index in [0.717, 1.165) is 18.0 Å². The first kappa shape index (κ1) is 17.9. The maximum atomic E-state index is 13.0. The van der Waals surface area contributed by atoms with Crippen molar-refractivity contribution in [1.82, 2.24) is 14.2 Å². The molecule has 0 unspecified atom stereocenters. The Labute approximate surface area is 160 Å². The van der Waals surface area contributed by atoms with Crippen LogP contribution >= 0.6 is 22.7 Å². The van der Waals surface area contributed by atoms with Crippen LogP contribution in [-0.4, -0.2) is 67.8 Å². The molecule has 7 nitrogen and oxygen atoms in total. The molecule has 4 heterocycles. The number of thiazole rings is 1. The molecule has 0 bridgehead atoms. The number of amides is 1. The van der Waals surface area contributed by atoms with Crippen molar-refractivity contribution in [2.24, 2.45) is 0 Å². The number of piperazine rings is 1. The van der Waals surface area contributed by atoms with Crippen molar-refractivity contribution in [3.8, 4) is 0 Å². The van der Waals surface area contributed by atoms with E-state index in [1.165, 1.54) is 15.6 Å². The van der Waals surface area contributed by atoms with Gasteiger partial charge in [0, 0.05) is 50.8 Å². The number of nitrogens with zero attached hydrogens (tertiary/aromatic N) is 4. The molecule has 2 aliphatic heterocycles. The van der Waals surface area contributed by atoms with E-state index < -0.39 is 10.0 Å². The van der Waals surface area contributed by atoms with Gasteiger partial charge in [0.2, 0.25) is 10.0 Å². The summed E-state index contributed by atoms with van der Waals surface area (Å²) in [7, 11) is -3.58. The largest absolute Gasteiger partial charge is 0.345 e. The van der Waals surface area contributed by atoms with E-state index in [1.54, 1.807) is 33.9 Å². The highest BCUT2D eigenvalue weighted by atomic mass is 32.2. The van der Waals surface area contributed by atoms with E-state index in [-0.39, 0.29) is 10.8 Å². The molecule has 2 fully saturated rings. The SMILES string of the molecule is O=C(c1sccc1S(=O)(=O)N1CCCC1)N1CCN(c2nccs2)CC1. The van der Waals surface area contributed by atoms with Gasteiger partial charge in [0.1, 0.15) is 9.77 Å². The second-order valence-corrected chi connectivity index (χ2v) is 10.0. The van der Waals surface area contributed by atoms with E-state index >= 15 is 0 Å². The van der Waals surface area contributed by atoms with Gasteiger partial charge in [-0.1, -0.05) is 0 Å². The van der Waals surface area contributed by atoms with Crippen molar-refractivity contribution in [3.63, 3.8) is 0 Å². The van der Waals surface area contributed by atoms with Crippen LogP contribution in [0, 0.1) is 0 Å². The minimum Gasteiger partial charge on any atom is -0.345 e. The van der Waals surface area contributed by atoms with E-state index in [4.69, 9.17) is 0 Å². The molecule has 2 aromatic heterocycles. The van der Waals surface area contributed by atoms with Crippen molar-refractivity contribution in [3.05, 3.63) is 27.9 Å². The number of thiophene rings is 1. The summed E-state index contributed by atoms with van der Waals surface area (Å²) in [5.74, 6) is -0.184. The van der Waals surface area contributed by atoms with Gasteiger partial charge in [0.15, 0.2) is 5.13 Å². The zero-order valence-corrected chi connectivity index (χ0v) is 16.7. The average molecular weight is 413 g/mol. The smallest absolute Gasteiger partial charge is 0.265 e. The number of rotatable bonds is 4. The Hall–Kier alpha value is -1.49. The summed E-state index contributed by atoms with van der Waals surface area (Å²) in [5.41, 5.74) is 0. The van der Waals surface area contributed by atoms with Crippen LogP contribution in [0.5, 0.6) is 0 Å². The summed E-state index contributed by atoms with van der Waals surface area (Å²) < 4.78 is 27.2. The van der Waals surface area contributed by atoms with Crippen LogP contribution in [0.15, 0.2) is 27.9 Å². The Balaban J connectivity index is 1.49. The van der Waals surface area contributed by atoms with Crippen LogP contribution in [0.25, 0.3) is 0 Å². The summed E-state index contributed by atoms with van der Waals surface area (Å²) in [6.45, 7) is 3.63. The number of anilines is 1. The van der Waals surface area contributed by atoms with Crippen LogP contribution in [0.4, 0.5) is 5.13 Å². The summed E-state index contributed by atoms with van der Waals surface area (Å²) in [5, 5.41) is 4.60. The maximum absolute atomic E-state index is 13.0. The van der Waals surface area contributed by atoms with Gasteiger partial charge in [0.05, 0.1) is 0 Å². The van der Waals surface area contributed by atoms with Crippen molar-refractivity contribution in [2.45, 2.75) is 17.7 Å². The van der Waals surface area contributed by atoms with Crippen molar-refractivity contribution < 1.29 is 13.2 Å². The fourth-order valence-electron chi connectivity index (χ4n) is 3.34. The normalized spacial score (nSPS) is 19.2. The highest BCUT2D eigenvalue weighted by Crippen LogP contribution is 2.29. The Morgan fingerprint density at radius 3 is 2.38 bits per heavy atom. The molecule has 0 radical (unpaired) electrons. The van der Waals surface area contributed by atoms with Gasteiger partial charge in [-0.15, -0.1) is 22.7 Å². The average Bonchev–Trinajstić information content (AvgIpc) is 3.43. The number of carbonyl (C=O) groups is 1. The summed E-state index contributed by atoms with van der Waals surface area (Å²) in [6.07, 6.45) is 3.54. The number of aromatic nitrogens is 1. The van der Waals surface area contributed by atoms with Gasteiger partial charge >= 0.3 is 0 Å². The molecule has 2 saturated heterocycles. The lowest BCUT2D eigenvalue weighted by Crippen LogP contribution is -2.48. The second-order valence-electron chi connectivity index (χ2n) is 6.32. The topological polar surface area (TPSA) is 73.8 Å². The van der Waals surface area contributed by atoms with Gasteiger partial charge in [-0.3, -0.25) is 4.79 Å². The van der Waals surface area contributed by atoms with E-state index in [1.807, 2.05) is 5.38 Å². The molecule has 0 aliphatic carbocycles. The molecular weight excluding hydrogens is 392 g/mol. The Morgan fingerprint density at radius 2 is 1.73 bits per heavy atom. The minimum atomic E-state index is -3.58. The molecule has 140 valence electrons. The third-order valence-electron chi connectivity index (χ3n) is 4.76. The molecule has 2 aromatic rings. The summed E-state index contributed by atoms with van der Waals surface area (Å²) in [4.78, 5) is 21.7. The molecule has 10 heteroatoms. The van der Waals surface area contributed by atoms with Gasteiger partial charge in [0.25, 0.3) is 5.91 Å². The highest BCUT2D eigenvalue weighted by molar-refractivity contribution is 7.89. The minimum absolute atomic E-state index is 0.164. The number of hydrogen-bond donors (Lipinski definition) is 0. The molecule has 0 atom stereocenters. The van der Waals surface area contributed by atoms with Gasteiger partial charge in [-0.25, -0.2) is 13.4 Å². The summed E-state index contributed by atoms with van der Waals surface area (Å²) in [6, 6.07) is 1.57. The maximum Gasteiger partial charge on any atom is 0.265 e. The molecule has 0 aromatic carbocycles. The molecule has 0 N–H and O–H groups in total. The van der Waals surface area contributed by atoms with Crippen LogP contribution in [0.3, 0.4) is 0 Å². The molecule has 0 saturated carbocycles. The van der Waals surface area contributed by atoms with E-state index in [2.05, 4.69) is 9.88 Å². The Bertz CT molecular complexity index is 864. The van der Waals surface area contributed by atoms with Gasteiger partial charge in [-0.2, -0.15) is 4.31 Å². The fourth-order valence-corrected chi connectivity index (χ4v) is 6.92. The summed E-state index contributed by atoms with van der Waals surface area (Å²) >= 11 is 2.80. The molecule has 1 amide bonds. The monoisotopic (exact) mass is 412 g/mol. The third kappa shape index (κ3) is 3.26. The quantitative estimate of drug-likeness (QED) is 0.767. The second kappa shape index (κ2) is 7.26. The van der Waals surface area contributed by atoms with Crippen LogP contribution in [-0.2, 0) is 10.0 Å². The lowest BCUT2D eigenvalue weighted by molar-refractivity contribution is 0.0748. The lowest BCUT2D eigenvalue weighted by atomic mass is 10.3. The predicted molar refractivity (Wildman–Crippen MR) is 103 cm³/mol. The van der Waals surface area contributed by atoms with Crippen molar-refractivity contribution in [2.75, 3.05) is 44.2 Å². The van der Waals surface area contributed by atoms with Crippen molar-refractivity contribution >= 4 is 43.7 Å². The number of sulfonamides is 1. The Morgan fingerprint density at radius 1 is 1.00 bits per heavy atom. The molecule has 0 spiro atoms.